The molecule has 10 aliphatic rings. The van der Waals surface area contributed by atoms with E-state index in [1.807, 2.05) is 80.2 Å². The van der Waals surface area contributed by atoms with Gasteiger partial charge in [-0.3, -0.25) is 23.5 Å². The van der Waals surface area contributed by atoms with Gasteiger partial charge in [0, 0.05) is 119 Å². The Morgan fingerprint density at radius 3 is 1.69 bits per heavy atom. The number of aromatic nitrogens is 11. The minimum absolute atomic E-state index is 0.0317. The van der Waals surface area contributed by atoms with Crippen molar-refractivity contribution in [1.82, 2.24) is 53.2 Å². The number of halogens is 11. The van der Waals surface area contributed by atoms with E-state index in [9.17, 15) is 57.9 Å². The van der Waals surface area contributed by atoms with Crippen LogP contribution in [0.1, 0.15) is 334 Å². The minimum Gasteiger partial charge on any atom is -0.461 e. The van der Waals surface area contributed by atoms with Crippen LogP contribution in [0, 0.1) is 17.7 Å². The highest BCUT2D eigenvalue weighted by atomic mass is 19.4. The highest BCUT2D eigenvalue weighted by molar-refractivity contribution is 5.99. The Morgan fingerprint density at radius 1 is 0.615 bits per heavy atom. The smallest absolute Gasteiger partial charge is 0.435 e. The first kappa shape index (κ1) is 71.9. The molecule has 17 rings (SSSR count). The predicted molar refractivity (Wildman–Crippen MR) is 343 cm³/mol. The molecule has 96 heavy (non-hydrogen) atoms. The van der Waals surface area contributed by atoms with E-state index < -0.39 is 42.4 Å². The first-order valence-corrected chi connectivity index (χ1v) is 34.3. The van der Waals surface area contributed by atoms with Gasteiger partial charge < -0.3 is 13.9 Å². The van der Waals surface area contributed by atoms with Gasteiger partial charge in [-0.2, -0.15) is 46.7 Å². The van der Waals surface area contributed by atoms with Crippen LogP contribution >= 0.6 is 0 Å². The van der Waals surface area contributed by atoms with Crippen molar-refractivity contribution < 1.29 is 62.6 Å². The molecule has 1 aromatic carbocycles. The zero-order chi connectivity index (χ0) is 70.1. The number of rotatable bonds is 11. The SMILES string of the molecule is CC(C)c1cn(C)c2cc(F)ccc12.CC(C)n1cc(C(F)(F)F)nc1C1CC1.CC(C)n1nc(C(F)(F)F)c2c1CCCC2=O.CC(C)n1nc(C(F)F)c2c1C1CC(C2)C1.CC(C)n1nc(C(F)F)c2c1C1CCC2C1.CCOC(=O)c1nn(C(C)C)c2c1CC1CC2C1. The van der Waals surface area contributed by atoms with Crippen LogP contribution < -0.4 is 0 Å². The fraction of sp³-hybridized carbons (Fsp3) is 0.648. The van der Waals surface area contributed by atoms with Gasteiger partial charge in [-0.1, -0.05) is 13.8 Å². The number of aryl methyl sites for hydroxylation is 1. The first-order valence-electron chi connectivity index (χ1n) is 34.3. The molecule has 0 spiro atoms. The van der Waals surface area contributed by atoms with Gasteiger partial charge in [0.25, 0.3) is 12.9 Å². The number of Topliss-reactive ketones (excluding diaryl/α,β-unsaturated/α-hetero) is 1. The van der Waals surface area contributed by atoms with Crippen molar-refractivity contribution in [1.29, 1.82) is 0 Å². The van der Waals surface area contributed by atoms with Gasteiger partial charge in [0.1, 0.15) is 23.0 Å². The van der Waals surface area contributed by atoms with E-state index in [0.717, 1.165) is 96.0 Å². The molecule has 10 aliphatic carbocycles. The summed E-state index contributed by atoms with van der Waals surface area (Å²) in [5, 5.41) is 17.5. The number of ether oxygens (including phenoxy) is 1. The lowest BCUT2D eigenvalue weighted by Crippen LogP contribution is -2.32. The van der Waals surface area contributed by atoms with Crippen molar-refractivity contribution in [3.05, 3.63) is 121 Å². The maximum atomic E-state index is 13.0. The average molecular weight is 1360 g/mol. The van der Waals surface area contributed by atoms with E-state index in [2.05, 4.69) is 59.3 Å². The van der Waals surface area contributed by atoms with Crippen LogP contribution in [0.15, 0.2) is 30.6 Å². The van der Waals surface area contributed by atoms with Crippen molar-refractivity contribution in [3.63, 3.8) is 0 Å². The van der Waals surface area contributed by atoms with Crippen molar-refractivity contribution in [2.24, 2.45) is 18.9 Å². The Balaban J connectivity index is 0.000000125. The number of alkyl halides is 10. The Kier molecular flexibility index (Phi) is 21.1. The molecule has 7 aromatic rings. The van der Waals surface area contributed by atoms with Crippen molar-refractivity contribution in [2.45, 2.75) is 271 Å². The van der Waals surface area contributed by atoms with Crippen LogP contribution in [0.5, 0.6) is 0 Å². The molecule has 0 aliphatic heterocycles. The fourth-order valence-corrected chi connectivity index (χ4v) is 15.4. The predicted octanol–water partition coefficient (Wildman–Crippen LogP) is 19.7. The van der Waals surface area contributed by atoms with Crippen LogP contribution in [0.3, 0.4) is 0 Å². The summed E-state index contributed by atoms with van der Waals surface area (Å²) in [5.41, 5.74) is 7.76. The number of imidazole rings is 1. The molecule has 25 heteroatoms. The largest absolute Gasteiger partial charge is 0.461 e. The summed E-state index contributed by atoms with van der Waals surface area (Å²) in [7, 11) is 1.95. The van der Waals surface area contributed by atoms with E-state index >= 15 is 0 Å². The second kappa shape index (κ2) is 28.2. The van der Waals surface area contributed by atoms with Crippen LogP contribution in [0.25, 0.3) is 10.9 Å². The van der Waals surface area contributed by atoms with Gasteiger partial charge in [-0.15, -0.1) is 0 Å². The summed E-state index contributed by atoms with van der Waals surface area (Å²) in [6.07, 6.45) is 2.66. The number of hydrogen-bond acceptors (Lipinski definition) is 8. The fourth-order valence-electron chi connectivity index (χ4n) is 15.4. The number of ketones is 1. The standard InChI is InChI=1S/C14H20N2O2.2C12H16F2N2.C12H14FN.C11H13F3N2O.C10H13F3N2/c1-4-18-14(17)12-11-7-9-5-10(6-9)13(11)16(15-12)8(2)3;1-6(2)16-11-8-3-7(4-8)5-9(11)10(15-16)12(13)14;1-6(2)16-11-8-4-3-7(5-8)9(11)10(15-16)12(13)14;1-8(2)11-7-14(3)12-6-9(13)4-5-10(11)12;1-6(2)16-7-4-3-5-8(17)9(7)10(15-16)11(12,13)14;1-6(2)15-5-8(10(11,12)13)14-9(15)7-3-4-7/h8-10H,4-7H2,1-3H3;2*6-8,12H,3-5H2,1-2H3;4-8H,1-3H3;6H,3-5H2,1-2H3;5-7H,3-4H2,1-2H3. The number of benzene rings is 1. The Labute approximate surface area is 554 Å². The third-order valence-corrected chi connectivity index (χ3v) is 20.0. The number of esters is 1. The van der Waals surface area contributed by atoms with E-state index in [0.29, 0.717) is 78.2 Å². The van der Waals surface area contributed by atoms with Crippen molar-refractivity contribution in [2.75, 3.05) is 6.61 Å². The summed E-state index contributed by atoms with van der Waals surface area (Å²) in [4.78, 5) is 27.3. The second-order valence-corrected chi connectivity index (χ2v) is 29.0. The molecule has 0 radical (unpaired) electrons. The van der Waals surface area contributed by atoms with Crippen molar-refractivity contribution >= 4 is 22.7 Å². The summed E-state index contributed by atoms with van der Waals surface area (Å²) in [6.45, 7) is 26.1. The highest BCUT2D eigenvalue weighted by Gasteiger charge is 2.47. The molecule has 526 valence electrons. The van der Waals surface area contributed by atoms with Crippen LogP contribution in [0.2, 0.25) is 0 Å². The topological polar surface area (TPSA) is 137 Å². The average Bonchev–Trinajstić information content (AvgIpc) is 1.18. The Morgan fingerprint density at radius 2 is 1.16 bits per heavy atom. The number of hydrogen-bond donors (Lipinski definition) is 0. The molecule has 0 amide bonds. The zero-order valence-corrected chi connectivity index (χ0v) is 57.5. The maximum Gasteiger partial charge on any atom is 0.435 e. The molecule has 2 unspecified atom stereocenters. The third kappa shape index (κ3) is 14.5. The molecule has 4 fully saturated rings. The van der Waals surface area contributed by atoms with Crippen molar-refractivity contribution in [3.8, 4) is 0 Å². The third-order valence-electron chi connectivity index (χ3n) is 20.0. The monoisotopic (exact) mass is 1360 g/mol. The molecule has 0 saturated heterocycles. The number of nitrogens with zero attached hydrogens (tertiary/aromatic N) is 11. The molecular formula is C71H92F11N11O3. The van der Waals surface area contributed by atoms with Gasteiger partial charge in [0.15, 0.2) is 22.9 Å². The van der Waals surface area contributed by atoms with Crippen LogP contribution in [-0.2, 0) is 43.4 Å². The molecule has 6 aromatic heterocycles. The lowest BCUT2D eigenvalue weighted by molar-refractivity contribution is -0.142. The maximum absolute atomic E-state index is 13.0. The molecule has 2 atom stereocenters. The molecule has 14 nitrogen and oxygen atoms in total. The number of fused-ring (bicyclic) bond motifs is 7. The van der Waals surface area contributed by atoms with Crippen LogP contribution in [-0.4, -0.2) is 71.6 Å². The van der Waals surface area contributed by atoms with E-state index in [1.54, 1.807) is 24.5 Å². The van der Waals surface area contributed by atoms with Gasteiger partial charge in [-0.25, -0.2) is 31.7 Å². The van der Waals surface area contributed by atoms with Gasteiger partial charge in [0.2, 0.25) is 0 Å². The lowest BCUT2D eigenvalue weighted by Gasteiger charge is -2.41. The Bertz CT molecular complexity index is 3830. The lowest BCUT2D eigenvalue weighted by atomic mass is 9.64. The highest BCUT2D eigenvalue weighted by Crippen LogP contribution is 2.57. The normalized spacial score (nSPS) is 21.0. The summed E-state index contributed by atoms with van der Waals surface area (Å²) < 4.78 is 156. The summed E-state index contributed by atoms with van der Waals surface area (Å²) in [6, 6.07) is 5.49. The first-order chi connectivity index (χ1) is 45.1. The number of carbonyl (C=O) groups excluding carboxylic acids is 2. The molecular weight excluding hydrogens is 1260 g/mol. The summed E-state index contributed by atoms with van der Waals surface area (Å²) >= 11 is 0. The zero-order valence-electron chi connectivity index (χ0n) is 57.5. The molecule has 0 N–H and O–H groups in total. The molecule has 6 bridgehead atoms. The second-order valence-electron chi connectivity index (χ2n) is 29.0. The van der Waals surface area contributed by atoms with Gasteiger partial charge in [0.05, 0.1) is 23.4 Å². The van der Waals surface area contributed by atoms with Gasteiger partial charge in [-0.05, 0) is 207 Å². The Hall–Kier alpha value is -6.82. The quantitative estimate of drug-likeness (QED) is 0.0922. The van der Waals surface area contributed by atoms with E-state index in [4.69, 9.17) is 4.74 Å². The van der Waals surface area contributed by atoms with Crippen LogP contribution in [0.4, 0.5) is 48.3 Å². The molecule has 4 saturated carbocycles. The van der Waals surface area contributed by atoms with E-state index in [-0.39, 0.29) is 65.2 Å². The summed E-state index contributed by atoms with van der Waals surface area (Å²) in [5.74, 6) is 3.81. The van der Waals surface area contributed by atoms with Gasteiger partial charge >= 0.3 is 18.3 Å². The van der Waals surface area contributed by atoms with E-state index in [1.165, 1.54) is 47.7 Å². The molecule has 6 heterocycles. The minimum atomic E-state index is -4.56. The number of carbonyl (C=O) groups is 2.